The number of hydrogen-bond acceptors (Lipinski definition) is 3. The van der Waals surface area contributed by atoms with Crippen molar-refractivity contribution in [1.29, 1.82) is 0 Å². The van der Waals surface area contributed by atoms with Crippen LogP contribution in [0.5, 0.6) is 0 Å². The maximum absolute atomic E-state index is 10.5. The summed E-state index contributed by atoms with van der Waals surface area (Å²) in [6.45, 7) is 7.58. The molecule has 0 bridgehead atoms. The van der Waals surface area contributed by atoms with Crippen molar-refractivity contribution in [2.24, 2.45) is 0 Å². The Labute approximate surface area is 140 Å². The first-order valence-electron chi connectivity index (χ1n) is 7.21. The smallest absolute Gasteiger partial charge is 0.407 e. The molecule has 22 heavy (non-hydrogen) atoms. The number of carbonyl (C=O) groups excluding carboxylic acids is 1. The van der Waals surface area contributed by atoms with Gasteiger partial charge in [-0.25, -0.2) is 4.79 Å². The average Bonchev–Trinajstić information content (AvgIpc) is 2.45. The highest BCUT2D eigenvalue weighted by atomic mass is 79.9. The quantitative estimate of drug-likeness (QED) is 0.795. The number of ether oxygens (including phenoxy) is 1. The topological polar surface area (TPSA) is 51.2 Å². The zero-order valence-electron chi connectivity index (χ0n) is 13.7. The molecule has 0 unspecified atom stereocenters. The van der Waals surface area contributed by atoms with E-state index in [9.17, 15) is 4.79 Å². The Kier molecular flexibility index (Phi) is 6.81. The number of fused-ring (bicyclic) bond motifs is 1. The van der Waals surface area contributed by atoms with Crippen LogP contribution in [0.3, 0.4) is 0 Å². The largest absolute Gasteiger partial charge is 0.444 e. The van der Waals surface area contributed by atoms with Gasteiger partial charge in [0, 0.05) is 22.6 Å². The van der Waals surface area contributed by atoms with Gasteiger partial charge in [-0.2, -0.15) is 0 Å². The number of aryl methyl sites for hydroxylation is 1. The molecule has 1 aromatic carbocycles. The Morgan fingerprint density at radius 2 is 1.91 bits per heavy atom. The Bertz CT molecular complexity index is 636. The number of halogens is 1. The van der Waals surface area contributed by atoms with E-state index < -0.39 is 0 Å². The van der Waals surface area contributed by atoms with E-state index >= 15 is 0 Å². The van der Waals surface area contributed by atoms with E-state index in [1.54, 1.807) is 0 Å². The number of aromatic nitrogens is 1. The van der Waals surface area contributed by atoms with Crippen molar-refractivity contribution in [2.75, 3.05) is 7.05 Å². The van der Waals surface area contributed by atoms with Gasteiger partial charge in [0.05, 0.1) is 5.52 Å². The van der Waals surface area contributed by atoms with Crippen LogP contribution < -0.4 is 5.32 Å². The Balaban J connectivity index is 0.000000239. The molecule has 1 aromatic heterocycles. The van der Waals surface area contributed by atoms with Crippen LogP contribution in [0.2, 0.25) is 0 Å². The lowest BCUT2D eigenvalue weighted by molar-refractivity contribution is 0.0541. The second-order valence-electron chi connectivity index (χ2n) is 5.75. The van der Waals surface area contributed by atoms with Crippen LogP contribution in [0.4, 0.5) is 4.79 Å². The van der Waals surface area contributed by atoms with E-state index in [4.69, 9.17) is 4.74 Å². The SMILES string of the molecule is CCc1ccc2ccc(Br)cc2n1.CNC(=O)OC(C)(C)C. The maximum Gasteiger partial charge on any atom is 0.407 e. The molecule has 1 heterocycles. The number of carbonyl (C=O) groups is 1. The summed E-state index contributed by atoms with van der Waals surface area (Å²) in [5.41, 5.74) is 1.82. The fourth-order valence-electron chi connectivity index (χ4n) is 1.66. The standard InChI is InChI=1S/C11H10BrN.C6H13NO2/c1-2-10-6-4-8-3-5-9(12)7-11(8)13-10;1-6(2,3)9-5(8)7-4/h3-7H,2H2,1H3;1-4H3,(H,7,8). The van der Waals surface area contributed by atoms with Crippen molar-refractivity contribution >= 4 is 32.9 Å². The molecule has 4 nitrogen and oxygen atoms in total. The minimum absolute atomic E-state index is 0.387. The third-order valence-electron chi connectivity index (χ3n) is 2.68. The van der Waals surface area contributed by atoms with Gasteiger partial charge in [-0.3, -0.25) is 4.98 Å². The van der Waals surface area contributed by atoms with Crippen molar-refractivity contribution < 1.29 is 9.53 Å². The summed E-state index contributed by atoms with van der Waals surface area (Å²) in [5.74, 6) is 0. The van der Waals surface area contributed by atoms with Crippen molar-refractivity contribution in [3.05, 3.63) is 40.5 Å². The summed E-state index contributed by atoms with van der Waals surface area (Å²) in [6.07, 6.45) is 0.602. The lowest BCUT2D eigenvalue weighted by atomic mass is 10.2. The van der Waals surface area contributed by atoms with Crippen LogP contribution in [-0.2, 0) is 11.2 Å². The highest BCUT2D eigenvalue weighted by Gasteiger charge is 2.13. The third-order valence-corrected chi connectivity index (χ3v) is 3.17. The molecular formula is C17H23BrN2O2. The molecule has 0 atom stereocenters. The Morgan fingerprint density at radius 3 is 2.41 bits per heavy atom. The number of amides is 1. The van der Waals surface area contributed by atoms with Gasteiger partial charge in [0.1, 0.15) is 5.60 Å². The van der Waals surface area contributed by atoms with Gasteiger partial charge < -0.3 is 10.1 Å². The molecule has 0 saturated heterocycles. The van der Waals surface area contributed by atoms with Crippen LogP contribution in [0, 0.1) is 0 Å². The number of rotatable bonds is 1. The first-order chi connectivity index (χ1) is 10.2. The van der Waals surface area contributed by atoms with Gasteiger partial charge in [0.25, 0.3) is 0 Å². The first-order valence-corrected chi connectivity index (χ1v) is 8.00. The average molecular weight is 367 g/mol. The molecule has 0 radical (unpaired) electrons. The van der Waals surface area contributed by atoms with Gasteiger partial charge in [0.15, 0.2) is 0 Å². The predicted octanol–water partition coefficient (Wildman–Crippen LogP) is 4.70. The van der Waals surface area contributed by atoms with Crippen LogP contribution in [0.25, 0.3) is 10.9 Å². The lowest BCUT2D eigenvalue weighted by Gasteiger charge is -2.18. The zero-order chi connectivity index (χ0) is 16.8. The van der Waals surface area contributed by atoms with Crippen molar-refractivity contribution in [3.63, 3.8) is 0 Å². The molecule has 1 N–H and O–H groups in total. The van der Waals surface area contributed by atoms with Crippen molar-refractivity contribution in [3.8, 4) is 0 Å². The Hall–Kier alpha value is -1.62. The third kappa shape index (κ3) is 6.43. The van der Waals surface area contributed by atoms with E-state index in [0.717, 1.165) is 22.1 Å². The number of benzene rings is 1. The molecule has 2 aromatic rings. The Morgan fingerprint density at radius 1 is 1.27 bits per heavy atom. The number of nitrogens with zero attached hydrogens (tertiary/aromatic N) is 1. The second kappa shape index (κ2) is 8.13. The molecule has 0 aliphatic carbocycles. The van der Waals surface area contributed by atoms with Gasteiger partial charge in [-0.05, 0) is 45.4 Å². The fraction of sp³-hybridized carbons (Fsp3) is 0.412. The molecule has 2 rings (SSSR count). The molecule has 0 spiro atoms. The fourth-order valence-corrected chi connectivity index (χ4v) is 2.01. The minimum atomic E-state index is -0.389. The summed E-state index contributed by atoms with van der Waals surface area (Å²) < 4.78 is 5.92. The molecule has 5 heteroatoms. The highest BCUT2D eigenvalue weighted by Crippen LogP contribution is 2.18. The van der Waals surface area contributed by atoms with E-state index in [1.807, 2.05) is 26.8 Å². The molecule has 0 aliphatic rings. The van der Waals surface area contributed by atoms with Gasteiger partial charge in [-0.1, -0.05) is 35.0 Å². The molecule has 120 valence electrons. The maximum atomic E-state index is 10.5. The first kappa shape index (κ1) is 18.4. The number of nitrogens with one attached hydrogen (secondary N) is 1. The minimum Gasteiger partial charge on any atom is -0.444 e. The van der Waals surface area contributed by atoms with Gasteiger partial charge in [0.2, 0.25) is 0 Å². The van der Waals surface area contributed by atoms with E-state index in [-0.39, 0.29) is 11.7 Å². The molecule has 0 aliphatic heterocycles. The summed E-state index contributed by atoms with van der Waals surface area (Å²) >= 11 is 3.44. The highest BCUT2D eigenvalue weighted by molar-refractivity contribution is 9.10. The monoisotopic (exact) mass is 366 g/mol. The summed E-state index contributed by atoms with van der Waals surface area (Å²) in [4.78, 5) is 15.0. The summed E-state index contributed by atoms with van der Waals surface area (Å²) in [5, 5.41) is 3.56. The van der Waals surface area contributed by atoms with Crippen LogP contribution in [0.1, 0.15) is 33.4 Å². The molecule has 0 fully saturated rings. The predicted molar refractivity (Wildman–Crippen MR) is 94.1 cm³/mol. The van der Waals surface area contributed by atoms with Crippen LogP contribution in [-0.4, -0.2) is 23.7 Å². The summed E-state index contributed by atoms with van der Waals surface area (Å²) in [7, 11) is 1.54. The normalized spacial score (nSPS) is 10.6. The second-order valence-corrected chi connectivity index (χ2v) is 6.66. The zero-order valence-corrected chi connectivity index (χ0v) is 15.3. The number of alkyl carbamates (subject to hydrolysis) is 1. The number of pyridine rings is 1. The van der Waals surface area contributed by atoms with E-state index in [2.05, 4.69) is 57.4 Å². The molecule has 0 saturated carbocycles. The van der Waals surface area contributed by atoms with E-state index in [0.29, 0.717) is 0 Å². The molecular weight excluding hydrogens is 344 g/mol. The van der Waals surface area contributed by atoms with Crippen molar-refractivity contribution in [2.45, 2.75) is 39.7 Å². The lowest BCUT2D eigenvalue weighted by Crippen LogP contribution is -2.30. The van der Waals surface area contributed by atoms with Crippen LogP contribution in [0.15, 0.2) is 34.8 Å². The summed E-state index contributed by atoms with van der Waals surface area (Å²) in [6, 6.07) is 10.4. The van der Waals surface area contributed by atoms with Crippen LogP contribution >= 0.6 is 15.9 Å². The van der Waals surface area contributed by atoms with E-state index in [1.165, 1.54) is 12.4 Å². The van der Waals surface area contributed by atoms with Gasteiger partial charge >= 0.3 is 6.09 Å². The van der Waals surface area contributed by atoms with Crippen molar-refractivity contribution in [1.82, 2.24) is 10.3 Å². The van der Waals surface area contributed by atoms with Gasteiger partial charge in [-0.15, -0.1) is 0 Å². The number of hydrogen-bond donors (Lipinski definition) is 1. The molecule has 1 amide bonds.